The third-order valence-corrected chi connectivity index (χ3v) is 4.48. The van der Waals surface area contributed by atoms with E-state index in [1.54, 1.807) is 22.0 Å². The lowest BCUT2D eigenvalue weighted by molar-refractivity contribution is 0.629. The van der Waals surface area contributed by atoms with E-state index < -0.39 is 5.82 Å². The molecule has 0 saturated carbocycles. The van der Waals surface area contributed by atoms with Crippen molar-refractivity contribution >= 4 is 39.9 Å². The normalized spacial score (nSPS) is 11.3. The first-order chi connectivity index (χ1) is 9.58. The third-order valence-electron chi connectivity index (χ3n) is 3.06. The molecular weight excluding hydrogens is 299 g/mol. The Balaban J connectivity index is 2.06. The maximum atomic E-state index is 13.4. The Morgan fingerprint density at radius 2 is 2.25 bits per heavy atom. The van der Waals surface area contributed by atoms with Gasteiger partial charge in [0.15, 0.2) is 0 Å². The summed E-state index contributed by atoms with van der Waals surface area (Å²) >= 11 is 7.46. The highest BCUT2D eigenvalue weighted by Crippen LogP contribution is 2.26. The van der Waals surface area contributed by atoms with Crippen molar-refractivity contribution < 1.29 is 4.39 Å². The van der Waals surface area contributed by atoms with Crippen molar-refractivity contribution in [3.8, 4) is 0 Å². The molecule has 0 bridgehead atoms. The van der Waals surface area contributed by atoms with Crippen molar-refractivity contribution in [3.63, 3.8) is 0 Å². The van der Waals surface area contributed by atoms with Crippen LogP contribution in [0.1, 0.15) is 16.8 Å². The molecule has 0 atom stereocenters. The molecule has 3 aromatic rings. The highest BCUT2D eigenvalue weighted by atomic mass is 35.5. The second-order valence-corrected chi connectivity index (χ2v) is 5.99. The molecule has 0 amide bonds. The fourth-order valence-corrected chi connectivity index (χ4v) is 3.03. The Hall–Kier alpha value is -1.66. The fraction of sp³-hybridized carbons (Fsp3) is 0.231. The zero-order chi connectivity index (χ0) is 14.3. The molecule has 2 aromatic heterocycles. The molecule has 2 heterocycles. The van der Waals surface area contributed by atoms with E-state index in [4.69, 9.17) is 17.3 Å². The molecule has 0 unspecified atom stereocenters. The summed E-state index contributed by atoms with van der Waals surface area (Å²) in [6.45, 7) is 2.59. The number of hydrogen-bond donors (Lipinski definition) is 1. The van der Waals surface area contributed by atoms with Gasteiger partial charge in [-0.1, -0.05) is 18.5 Å². The van der Waals surface area contributed by atoms with Crippen LogP contribution in [0.3, 0.4) is 0 Å². The van der Waals surface area contributed by atoms with Crippen molar-refractivity contribution in [2.75, 3.05) is 5.73 Å². The number of anilines is 1. The summed E-state index contributed by atoms with van der Waals surface area (Å²) in [5.74, 6) is -0.166. The van der Waals surface area contributed by atoms with Crippen LogP contribution in [0.4, 0.5) is 10.3 Å². The topological polar surface area (TPSA) is 56.7 Å². The van der Waals surface area contributed by atoms with Crippen molar-refractivity contribution in [2.24, 2.45) is 0 Å². The molecule has 0 aliphatic carbocycles. The number of nitrogen functional groups attached to an aromatic ring is 1. The van der Waals surface area contributed by atoms with Gasteiger partial charge >= 0.3 is 0 Å². The van der Waals surface area contributed by atoms with Crippen LogP contribution in [0, 0.1) is 5.82 Å². The molecule has 0 aliphatic rings. The first-order valence-corrected chi connectivity index (χ1v) is 7.32. The summed E-state index contributed by atoms with van der Waals surface area (Å²) in [6.07, 6.45) is 2.82. The van der Waals surface area contributed by atoms with Crippen molar-refractivity contribution in [1.82, 2.24) is 14.5 Å². The number of rotatable bonds is 3. The highest BCUT2D eigenvalue weighted by Gasteiger charge is 2.13. The molecule has 0 spiro atoms. The Bertz CT molecular complexity index is 780. The van der Waals surface area contributed by atoms with E-state index in [1.807, 2.05) is 6.20 Å². The quantitative estimate of drug-likeness (QED) is 0.805. The number of nitrogens with two attached hydrogens (primary N) is 1. The van der Waals surface area contributed by atoms with Gasteiger partial charge in [0.25, 0.3) is 0 Å². The SMILES string of the molecule is CCc1cnc(Cn2c(N)nc3cc(F)c(Cl)cc32)s1. The van der Waals surface area contributed by atoms with Gasteiger partial charge in [-0.15, -0.1) is 11.3 Å². The van der Waals surface area contributed by atoms with E-state index in [0.29, 0.717) is 23.5 Å². The van der Waals surface area contributed by atoms with Crippen molar-refractivity contribution in [2.45, 2.75) is 19.9 Å². The van der Waals surface area contributed by atoms with E-state index in [0.717, 1.165) is 11.4 Å². The number of halogens is 2. The molecule has 1 aromatic carbocycles. The molecule has 2 N–H and O–H groups in total. The van der Waals surface area contributed by atoms with Crippen LogP contribution in [-0.2, 0) is 13.0 Å². The van der Waals surface area contributed by atoms with Crippen LogP contribution in [0.25, 0.3) is 11.0 Å². The number of imidazole rings is 1. The minimum atomic E-state index is -0.494. The number of thiazole rings is 1. The van der Waals surface area contributed by atoms with Gasteiger partial charge in [0.2, 0.25) is 5.95 Å². The Labute approximate surface area is 124 Å². The molecule has 4 nitrogen and oxygen atoms in total. The largest absolute Gasteiger partial charge is 0.369 e. The predicted octanol–water partition coefficient (Wildman–Crippen LogP) is 3.48. The Morgan fingerprint density at radius 3 is 2.95 bits per heavy atom. The van der Waals surface area contributed by atoms with Crippen LogP contribution in [0.15, 0.2) is 18.3 Å². The molecule has 20 heavy (non-hydrogen) atoms. The summed E-state index contributed by atoms with van der Waals surface area (Å²) in [5.41, 5.74) is 7.11. The Kier molecular flexibility index (Phi) is 3.35. The van der Waals surface area contributed by atoms with Crippen LogP contribution in [-0.4, -0.2) is 14.5 Å². The van der Waals surface area contributed by atoms with E-state index in [2.05, 4.69) is 16.9 Å². The molecule has 7 heteroatoms. The van der Waals surface area contributed by atoms with Crippen LogP contribution in [0.2, 0.25) is 5.02 Å². The summed E-state index contributed by atoms with van der Waals surface area (Å²) in [6, 6.07) is 2.84. The second-order valence-electron chi connectivity index (χ2n) is 4.39. The Morgan fingerprint density at radius 1 is 1.45 bits per heavy atom. The molecule has 0 fully saturated rings. The van der Waals surface area contributed by atoms with Crippen LogP contribution in [0.5, 0.6) is 0 Å². The molecule has 0 aliphatic heterocycles. The zero-order valence-electron chi connectivity index (χ0n) is 10.7. The van der Waals surface area contributed by atoms with Gasteiger partial charge in [0.05, 0.1) is 22.6 Å². The van der Waals surface area contributed by atoms with Gasteiger partial charge in [-0.05, 0) is 12.5 Å². The van der Waals surface area contributed by atoms with E-state index >= 15 is 0 Å². The maximum Gasteiger partial charge on any atom is 0.201 e. The monoisotopic (exact) mass is 310 g/mol. The molecule has 0 saturated heterocycles. The average molecular weight is 311 g/mol. The standard InChI is InChI=1S/C13H12ClFN4S/c1-2-7-5-17-12(20-7)6-19-11-3-8(14)9(15)4-10(11)18-13(19)16/h3-5H,2,6H2,1H3,(H2,16,18). The maximum absolute atomic E-state index is 13.4. The van der Waals surface area contributed by atoms with Gasteiger partial charge in [-0.3, -0.25) is 0 Å². The predicted molar refractivity (Wildman–Crippen MR) is 79.7 cm³/mol. The second kappa shape index (κ2) is 5.03. The lowest BCUT2D eigenvalue weighted by Crippen LogP contribution is -2.04. The number of hydrogen-bond acceptors (Lipinski definition) is 4. The van der Waals surface area contributed by atoms with Gasteiger partial charge in [0, 0.05) is 17.1 Å². The third kappa shape index (κ3) is 2.25. The summed E-state index contributed by atoms with van der Waals surface area (Å²) in [7, 11) is 0. The number of aromatic nitrogens is 3. The summed E-state index contributed by atoms with van der Waals surface area (Å²) in [4.78, 5) is 9.73. The highest BCUT2D eigenvalue weighted by molar-refractivity contribution is 7.11. The minimum Gasteiger partial charge on any atom is -0.369 e. The van der Waals surface area contributed by atoms with Crippen molar-refractivity contribution in [1.29, 1.82) is 0 Å². The van der Waals surface area contributed by atoms with Crippen LogP contribution < -0.4 is 5.73 Å². The first-order valence-electron chi connectivity index (χ1n) is 6.12. The summed E-state index contributed by atoms with van der Waals surface area (Å²) < 4.78 is 15.2. The summed E-state index contributed by atoms with van der Waals surface area (Å²) in [5, 5.41) is 1.00. The van der Waals surface area contributed by atoms with E-state index in [9.17, 15) is 4.39 Å². The number of benzene rings is 1. The van der Waals surface area contributed by atoms with Gasteiger partial charge in [0.1, 0.15) is 10.8 Å². The zero-order valence-corrected chi connectivity index (χ0v) is 12.3. The smallest absolute Gasteiger partial charge is 0.201 e. The lowest BCUT2D eigenvalue weighted by atomic mass is 10.3. The number of aryl methyl sites for hydroxylation is 1. The minimum absolute atomic E-state index is 0.0621. The number of nitrogens with zero attached hydrogens (tertiary/aromatic N) is 3. The first kappa shape index (κ1) is 13.3. The number of fused-ring (bicyclic) bond motifs is 1. The molecule has 3 rings (SSSR count). The van der Waals surface area contributed by atoms with Crippen LogP contribution >= 0.6 is 22.9 Å². The van der Waals surface area contributed by atoms with Gasteiger partial charge in [-0.25, -0.2) is 14.4 Å². The van der Waals surface area contributed by atoms with Crippen molar-refractivity contribution in [3.05, 3.63) is 39.1 Å². The van der Waals surface area contributed by atoms with Gasteiger partial charge in [-0.2, -0.15) is 0 Å². The fourth-order valence-electron chi connectivity index (χ4n) is 2.02. The van der Waals surface area contributed by atoms with E-state index in [1.165, 1.54) is 10.9 Å². The van der Waals surface area contributed by atoms with E-state index in [-0.39, 0.29) is 5.02 Å². The molecule has 0 radical (unpaired) electrons. The molecule has 104 valence electrons. The average Bonchev–Trinajstić information content (AvgIpc) is 2.98. The molecular formula is C13H12ClFN4S. The van der Waals surface area contributed by atoms with Gasteiger partial charge < -0.3 is 10.3 Å². The lowest BCUT2D eigenvalue weighted by Gasteiger charge is -2.04.